The second kappa shape index (κ2) is 6.07. The minimum absolute atomic E-state index is 0.0976. The topological polar surface area (TPSA) is 29.3 Å². The fourth-order valence-corrected chi connectivity index (χ4v) is 2.88. The van der Waals surface area contributed by atoms with E-state index in [1.54, 1.807) is 0 Å². The summed E-state index contributed by atoms with van der Waals surface area (Å²) < 4.78 is 1.18. The number of nitrogens with zero attached hydrogens (tertiary/aromatic N) is 1. The second-order valence-electron chi connectivity index (χ2n) is 5.28. The molecule has 2 nitrogen and oxygen atoms in total. The molecule has 1 aromatic rings. The minimum Gasteiger partial charge on any atom is -0.368 e. The first kappa shape index (κ1) is 13.9. The van der Waals surface area contributed by atoms with E-state index in [0.717, 1.165) is 12.6 Å². The minimum atomic E-state index is 0.0976. The first-order chi connectivity index (χ1) is 8.63. The summed E-state index contributed by atoms with van der Waals surface area (Å²) in [6.45, 7) is 5.44. The van der Waals surface area contributed by atoms with Crippen LogP contribution in [0.15, 0.2) is 22.7 Å². The number of nitrogens with two attached hydrogens (primary N) is 1. The highest BCUT2D eigenvalue weighted by molar-refractivity contribution is 9.10. The number of hydrogen-bond donors (Lipinski definition) is 1. The van der Waals surface area contributed by atoms with Crippen molar-refractivity contribution in [3.8, 4) is 0 Å². The molecule has 0 heterocycles. The van der Waals surface area contributed by atoms with Gasteiger partial charge in [-0.25, -0.2) is 0 Å². The van der Waals surface area contributed by atoms with E-state index in [2.05, 4.69) is 46.0 Å². The molecule has 0 bridgehead atoms. The molecule has 1 fully saturated rings. The van der Waals surface area contributed by atoms with Gasteiger partial charge in [-0.15, -0.1) is 0 Å². The molecule has 0 aliphatic heterocycles. The van der Waals surface area contributed by atoms with Crippen LogP contribution in [-0.4, -0.2) is 12.6 Å². The molecule has 1 atom stereocenters. The summed E-state index contributed by atoms with van der Waals surface area (Å²) in [6, 6.07) is 7.40. The van der Waals surface area contributed by atoms with Gasteiger partial charge in [0.1, 0.15) is 0 Å². The van der Waals surface area contributed by atoms with Crippen molar-refractivity contribution in [2.24, 2.45) is 5.73 Å². The molecular weight excluding hydrogens is 288 g/mol. The quantitative estimate of drug-likeness (QED) is 0.851. The fraction of sp³-hybridized carbons (Fsp3) is 0.600. The maximum Gasteiger partial charge on any atom is 0.0513 e. The van der Waals surface area contributed by atoms with E-state index in [4.69, 9.17) is 5.73 Å². The van der Waals surface area contributed by atoms with Crippen molar-refractivity contribution in [3.63, 3.8) is 0 Å². The molecule has 0 amide bonds. The van der Waals surface area contributed by atoms with Gasteiger partial charge in [-0.05, 0) is 59.8 Å². The molecular formula is C15H23BrN2. The Hall–Kier alpha value is -0.540. The Balaban J connectivity index is 2.19. The molecule has 0 spiro atoms. The number of halogens is 1. The number of benzene rings is 1. The lowest BCUT2D eigenvalue weighted by Crippen LogP contribution is -2.27. The molecule has 1 aliphatic rings. The van der Waals surface area contributed by atoms with E-state index in [-0.39, 0.29) is 6.04 Å². The van der Waals surface area contributed by atoms with Crippen molar-refractivity contribution < 1.29 is 0 Å². The van der Waals surface area contributed by atoms with E-state index >= 15 is 0 Å². The van der Waals surface area contributed by atoms with Crippen LogP contribution in [0.4, 0.5) is 5.69 Å². The van der Waals surface area contributed by atoms with Crippen molar-refractivity contribution in [2.75, 3.05) is 11.4 Å². The van der Waals surface area contributed by atoms with Gasteiger partial charge >= 0.3 is 0 Å². The highest BCUT2D eigenvalue weighted by Crippen LogP contribution is 2.37. The summed E-state index contributed by atoms with van der Waals surface area (Å²) in [6.07, 6.45) is 5.19. The summed E-state index contributed by atoms with van der Waals surface area (Å²) in [7, 11) is 0. The zero-order valence-corrected chi connectivity index (χ0v) is 12.9. The van der Waals surface area contributed by atoms with Gasteiger partial charge in [-0.2, -0.15) is 0 Å². The Morgan fingerprint density at radius 3 is 2.67 bits per heavy atom. The van der Waals surface area contributed by atoms with Crippen LogP contribution in [0.5, 0.6) is 0 Å². The maximum absolute atomic E-state index is 5.93. The largest absolute Gasteiger partial charge is 0.368 e. The third kappa shape index (κ3) is 3.27. The van der Waals surface area contributed by atoms with Gasteiger partial charge in [0.25, 0.3) is 0 Å². The molecule has 1 aliphatic carbocycles. The number of rotatable bonds is 6. The number of unbranched alkanes of at least 4 members (excludes halogenated alkanes) is 1. The van der Waals surface area contributed by atoms with Gasteiger partial charge in [0, 0.05) is 23.1 Å². The van der Waals surface area contributed by atoms with E-state index in [1.165, 1.54) is 41.4 Å². The molecule has 18 heavy (non-hydrogen) atoms. The number of anilines is 1. The van der Waals surface area contributed by atoms with Gasteiger partial charge in [-0.1, -0.05) is 19.4 Å². The predicted molar refractivity (Wildman–Crippen MR) is 82.0 cm³/mol. The Morgan fingerprint density at radius 2 is 2.17 bits per heavy atom. The Morgan fingerprint density at radius 1 is 1.44 bits per heavy atom. The lowest BCUT2D eigenvalue weighted by atomic mass is 10.1. The zero-order chi connectivity index (χ0) is 13.1. The second-order valence-corrected chi connectivity index (χ2v) is 6.13. The van der Waals surface area contributed by atoms with E-state index < -0.39 is 0 Å². The summed E-state index contributed by atoms with van der Waals surface area (Å²) >= 11 is 3.71. The normalized spacial score (nSPS) is 16.7. The van der Waals surface area contributed by atoms with Gasteiger partial charge in [-0.3, -0.25) is 0 Å². The van der Waals surface area contributed by atoms with E-state index in [9.17, 15) is 0 Å². The standard InChI is InChI=1S/C15H23BrN2/c1-3-4-9-18(13-6-7-13)15-8-5-12(11(2)17)10-14(15)16/h5,8,10-11,13H,3-4,6-7,9,17H2,1-2H3/t11-/m1/s1. The van der Waals surface area contributed by atoms with Gasteiger partial charge < -0.3 is 10.6 Å². The van der Waals surface area contributed by atoms with Crippen molar-refractivity contribution in [3.05, 3.63) is 28.2 Å². The highest BCUT2D eigenvalue weighted by Gasteiger charge is 2.29. The van der Waals surface area contributed by atoms with Crippen LogP contribution in [0, 0.1) is 0 Å². The Labute approximate surface area is 119 Å². The fourth-order valence-electron chi connectivity index (χ4n) is 2.25. The van der Waals surface area contributed by atoms with Crippen LogP contribution in [0.25, 0.3) is 0 Å². The summed E-state index contributed by atoms with van der Waals surface area (Å²) in [5.41, 5.74) is 8.45. The Bertz CT molecular complexity index is 399. The van der Waals surface area contributed by atoms with Crippen LogP contribution >= 0.6 is 15.9 Å². The predicted octanol–water partition coefficient (Wildman–Crippen LogP) is 4.24. The summed E-state index contributed by atoms with van der Waals surface area (Å²) in [5, 5.41) is 0. The van der Waals surface area contributed by atoms with Crippen LogP contribution in [0.2, 0.25) is 0 Å². The molecule has 1 aromatic carbocycles. The average Bonchev–Trinajstić information content (AvgIpc) is 3.15. The molecule has 2 rings (SSSR count). The highest BCUT2D eigenvalue weighted by atomic mass is 79.9. The molecule has 2 N–H and O–H groups in total. The van der Waals surface area contributed by atoms with Crippen LogP contribution in [-0.2, 0) is 0 Å². The molecule has 0 radical (unpaired) electrons. The molecule has 3 heteroatoms. The van der Waals surface area contributed by atoms with E-state index in [0.29, 0.717) is 0 Å². The van der Waals surface area contributed by atoms with Crippen molar-refractivity contribution in [2.45, 2.75) is 51.6 Å². The lowest BCUT2D eigenvalue weighted by molar-refractivity contribution is 0.711. The molecule has 1 saturated carbocycles. The van der Waals surface area contributed by atoms with E-state index in [1.807, 2.05) is 6.92 Å². The smallest absolute Gasteiger partial charge is 0.0513 e. The van der Waals surface area contributed by atoms with Gasteiger partial charge in [0.15, 0.2) is 0 Å². The molecule has 0 unspecified atom stereocenters. The van der Waals surface area contributed by atoms with Crippen molar-refractivity contribution in [1.29, 1.82) is 0 Å². The molecule has 0 aromatic heterocycles. The van der Waals surface area contributed by atoms with Crippen LogP contribution in [0.1, 0.15) is 51.1 Å². The van der Waals surface area contributed by atoms with Crippen LogP contribution in [0.3, 0.4) is 0 Å². The zero-order valence-electron chi connectivity index (χ0n) is 11.3. The first-order valence-corrected chi connectivity index (χ1v) is 7.74. The Kier molecular flexibility index (Phi) is 4.68. The van der Waals surface area contributed by atoms with Crippen molar-refractivity contribution >= 4 is 21.6 Å². The van der Waals surface area contributed by atoms with Crippen LogP contribution < -0.4 is 10.6 Å². The molecule has 0 saturated heterocycles. The van der Waals surface area contributed by atoms with Gasteiger partial charge in [0.05, 0.1) is 5.69 Å². The third-order valence-corrected chi connectivity index (χ3v) is 4.18. The number of hydrogen-bond acceptors (Lipinski definition) is 2. The van der Waals surface area contributed by atoms with Gasteiger partial charge in [0.2, 0.25) is 0 Å². The lowest BCUT2D eigenvalue weighted by Gasteiger charge is -2.26. The first-order valence-electron chi connectivity index (χ1n) is 6.95. The average molecular weight is 311 g/mol. The van der Waals surface area contributed by atoms with Crippen molar-refractivity contribution in [1.82, 2.24) is 0 Å². The molecule has 100 valence electrons. The third-order valence-electron chi connectivity index (χ3n) is 3.55. The maximum atomic E-state index is 5.93. The summed E-state index contributed by atoms with van der Waals surface area (Å²) in [4.78, 5) is 2.55. The SMILES string of the molecule is CCCCN(c1ccc([C@@H](C)N)cc1Br)C1CC1. The summed E-state index contributed by atoms with van der Waals surface area (Å²) in [5.74, 6) is 0. The monoisotopic (exact) mass is 310 g/mol.